The molecule has 0 aromatic rings. The highest BCUT2D eigenvalue weighted by atomic mass is 16.7. The number of rotatable bonds is 7. The van der Waals surface area contributed by atoms with Crippen LogP contribution in [0.1, 0.15) is 57.8 Å². The smallest absolute Gasteiger partial charge is 0.305 e. The van der Waals surface area contributed by atoms with E-state index < -0.39 is 0 Å². The van der Waals surface area contributed by atoms with E-state index in [1.807, 2.05) is 0 Å². The number of hydrogen-bond donors (Lipinski definition) is 0. The zero-order valence-corrected chi connectivity index (χ0v) is 15.2. The summed E-state index contributed by atoms with van der Waals surface area (Å²) >= 11 is 0. The van der Waals surface area contributed by atoms with Gasteiger partial charge in [0.05, 0.1) is 13.2 Å². The summed E-state index contributed by atoms with van der Waals surface area (Å²) in [4.78, 5) is 22.9. The first kappa shape index (κ1) is 18.6. The molecule has 0 bridgehead atoms. The Hall–Kier alpha value is -1.20. The molecule has 2 fully saturated rings. The monoisotopic (exact) mass is 350 g/mol. The van der Waals surface area contributed by atoms with Crippen molar-refractivity contribution in [2.24, 2.45) is 17.8 Å². The summed E-state index contributed by atoms with van der Waals surface area (Å²) in [5.74, 6) is 0.668. The second kappa shape index (κ2) is 8.95. The summed E-state index contributed by atoms with van der Waals surface area (Å²) in [6, 6.07) is 0. The fraction of sp³-hybridized carbons (Fsp3) is 0.800. The normalized spacial score (nSPS) is 34.9. The zero-order valence-electron chi connectivity index (χ0n) is 15.2. The van der Waals surface area contributed by atoms with Crippen LogP contribution in [0.2, 0.25) is 0 Å². The lowest BCUT2D eigenvalue weighted by Crippen LogP contribution is -2.32. The molecular formula is C20H30O5. The molecule has 0 amide bonds. The third-order valence-corrected chi connectivity index (χ3v) is 5.95. The number of allylic oxidation sites excluding steroid dienone is 2. The number of aldehydes is 1. The van der Waals surface area contributed by atoms with Gasteiger partial charge in [-0.15, -0.1) is 0 Å². The van der Waals surface area contributed by atoms with Gasteiger partial charge in [-0.3, -0.25) is 4.79 Å². The Labute approximate surface area is 150 Å². The molecule has 3 rings (SSSR count). The van der Waals surface area contributed by atoms with Gasteiger partial charge >= 0.3 is 5.97 Å². The number of methoxy groups -OCH3 is 1. The van der Waals surface area contributed by atoms with E-state index in [2.05, 4.69) is 6.08 Å². The second-order valence-corrected chi connectivity index (χ2v) is 7.54. The molecule has 2 aliphatic carbocycles. The van der Waals surface area contributed by atoms with Gasteiger partial charge in [-0.05, 0) is 63.2 Å². The minimum Gasteiger partial charge on any atom is -0.469 e. The number of ether oxygens (including phenoxy) is 3. The Morgan fingerprint density at radius 2 is 2.24 bits per heavy atom. The molecule has 0 radical (unpaired) electrons. The van der Waals surface area contributed by atoms with Crippen LogP contribution in [-0.4, -0.2) is 38.4 Å². The van der Waals surface area contributed by atoms with Gasteiger partial charge in [-0.25, -0.2) is 0 Å². The lowest BCUT2D eigenvalue weighted by Gasteiger charge is -2.29. The van der Waals surface area contributed by atoms with Crippen molar-refractivity contribution in [3.8, 4) is 0 Å². The van der Waals surface area contributed by atoms with Gasteiger partial charge < -0.3 is 19.0 Å². The van der Waals surface area contributed by atoms with Crippen molar-refractivity contribution >= 4 is 12.3 Å². The van der Waals surface area contributed by atoms with Crippen molar-refractivity contribution in [1.82, 2.24) is 0 Å². The number of carbonyl (C=O) groups excluding carboxylic acids is 2. The fourth-order valence-electron chi connectivity index (χ4n) is 4.62. The van der Waals surface area contributed by atoms with Crippen molar-refractivity contribution in [1.29, 1.82) is 0 Å². The summed E-state index contributed by atoms with van der Waals surface area (Å²) in [7, 11) is 1.43. The van der Waals surface area contributed by atoms with Crippen LogP contribution in [0.25, 0.3) is 0 Å². The molecule has 0 spiro atoms. The van der Waals surface area contributed by atoms with Crippen LogP contribution in [0.15, 0.2) is 11.6 Å². The Bertz CT molecular complexity index is 494. The SMILES string of the molecule is COC(=O)CCCC1=CC2CC(OC3CCCCO3)C(C=O)C2CC1. The van der Waals surface area contributed by atoms with Crippen LogP contribution in [0.4, 0.5) is 0 Å². The van der Waals surface area contributed by atoms with Crippen molar-refractivity contribution in [3.05, 3.63) is 11.6 Å². The van der Waals surface area contributed by atoms with Crippen molar-refractivity contribution in [3.63, 3.8) is 0 Å². The van der Waals surface area contributed by atoms with Gasteiger partial charge in [0.25, 0.3) is 0 Å². The topological polar surface area (TPSA) is 61.8 Å². The minimum atomic E-state index is -0.142. The number of esters is 1. The molecule has 5 heteroatoms. The van der Waals surface area contributed by atoms with Crippen LogP contribution in [-0.2, 0) is 23.8 Å². The van der Waals surface area contributed by atoms with Crippen molar-refractivity contribution in [2.75, 3.05) is 13.7 Å². The molecule has 1 heterocycles. The Kier molecular flexibility index (Phi) is 6.65. The molecule has 1 aliphatic heterocycles. The van der Waals surface area contributed by atoms with Crippen LogP contribution in [0.3, 0.4) is 0 Å². The maximum Gasteiger partial charge on any atom is 0.305 e. The summed E-state index contributed by atoms with van der Waals surface area (Å²) in [6.45, 7) is 0.764. The van der Waals surface area contributed by atoms with Gasteiger partial charge in [-0.2, -0.15) is 0 Å². The Balaban J connectivity index is 1.55. The van der Waals surface area contributed by atoms with Crippen molar-refractivity contribution in [2.45, 2.75) is 70.2 Å². The molecule has 5 nitrogen and oxygen atoms in total. The van der Waals surface area contributed by atoms with E-state index in [-0.39, 0.29) is 24.3 Å². The quantitative estimate of drug-likeness (QED) is 0.400. The number of carbonyl (C=O) groups is 2. The van der Waals surface area contributed by atoms with E-state index in [4.69, 9.17) is 14.2 Å². The number of hydrogen-bond acceptors (Lipinski definition) is 5. The van der Waals surface area contributed by atoms with Crippen LogP contribution >= 0.6 is 0 Å². The number of fused-ring (bicyclic) bond motifs is 1. The molecule has 5 atom stereocenters. The molecule has 5 unspecified atom stereocenters. The van der Waals surface area contributed by atoms with E-state index in [9.17, 15) is 9.59 Å². The standard InChI is InChI=1S/C20H30O5/c1-23-19(22)6-4-5-14-8-9-16-15(11-14)12-18(17(16)13-21)25-20-7-2-3-10-24-20/h11,13,15-18,20H,2-10,12H2,1H3. The zero-order chi connectivity index (χ0) is 17.6. The molecule has 1 saturated carbocycles. The maximum atomic E-state index is 11.7. The predicted octanol–water partition coefficient (Wildman–Crippen LogP) is 3.41. The fourth-order valence-corrected chi connectivity index (χ4v) is 4.62. The predicted molar refractivity (Wildman–Crippen MR) is 92.8 cm³/mol. The first-order valence-electron chi connectivity index (χ1n) is 9.70. The Morgan fingerprint density at radius 1 is 1.36 bits per heavy atom. The van der Waals surface area contributed by atoms with E-state index in [0.29, 0.717) is 18.3 Å². The molecule has 1 saturated heterocycles. The third-order valence-electron chi connectivity index (χ3n) is 5.95. The lowest BCUT2D eigenvalue weighted by atomic mass is 9.78. The lowest BCUT2D eigenvalue weighted by molar-refractivity contribution is -0.194. The largest absolute Gasteiger partial charge is 0.469 e. The van der Waals surface area contributed by atoms with E-state index in [1.54, 1.807) is 0 Å². The first-order chi connectivity index (χ1) is 12.2. The van der Waals surface area contributed by atoms with Gasteiger partial charge in [0.15, 0.2) is 6.29 Å². The van der Waals surface area contributed by atoms with E-state index in [0.717, 1.165) is 64.3 Å². The average Bonchev–Trinajstić information content (AvgIpc) is 2.98. The van der Waals surface area contributed by atoms with Gasteiger partial charge in [-0.1, -0.05) is 11.6 Å². The van der Waals surface area contributed by atoms with Gasteiger partial charge in [0, 0.05) is 18.9 Å². The van der Waals surface area contributed by atoms with Crippen molar-refractivity contribution < 1.29 is 23.8 Å². The minimum absolute atomic E-state index is 0.0107. The van der Waals surface area contributed by atoms with Crippen LogP contribution in [0.5, 0.6) is 0 Å². The molecule has 0 aromatic heterocycles. The van der Waals surface area contributed by atoms with Crippen LogP contribution in [0, 0.1) is 17.8 Å². The molecular weight excluding hydrogens is 320 g/mol. The molecule has 25 heavy (non-hydrogen) atoms. The van der Waals surface area contributed by atoms with E-state index in [1.165, 1.54) is 12.7 Å². The molecule has 0 aromatic carbocycles. The maximum absolute atomic E-state index is 11.7. The summed E-state index contributed by atoms with van der Waals surface area (Å²) in [5, 5.41) is 0. The second-order valence-electron chi connectivity index (χ2n) is 7.54. The van der Waals surface area contributed by atoms with Crippen LogP contribution < -0.4 is 0 Å². The summed E-state index contributed by atoms with van der Waals surface area (Å²) in [6.07, 6.45) is 11.7. The van der Waals surface area contributed by atoms with E-state index >= 15 is 0 Å². The third kappa shape index (κ3) is 4.70. The highest BCUT2D eigenvalue weighted by molar-refractivity contribution is 5.69. The summed E-state index contributed by atoms with van der Waals surface area (Å²) in [5.41, 5.74) is 1.42. The summed E-state index contributed by atoms with van der Waals surface area (Å²) < 4.78 is 16.6. The average molecular weight is 350 g/mol. The molecule has 3 aliphatic rings. The Morgan fingerprint density at radius 3 is 2.96 bits per heavy atom. The molecule has 140 valence electrons. The molecule has 0 N–H and O–H groups in total. The highest BCUT2D eigenvalue weighted by Crippen LogP contribution is 2.46. The first-order valence-corrected chi connectivity index (χ1v) is 9.70. The van der Waals surface area contributed by atoms with Gasteiger partial charge in [0.1, 0.15) is 6.29 Å². The highest BCUT2D eigenvalue weighted by Gasteiger charge is 2.45. The van der Waals surface area contributed by atoms with Gasteiger partial charge in [0.2, 0.25) is 0 Å².